The number of halogens is 3. The SMILES string of the molecule is CC(=O)NCc1cc(F)c(NC2CCCC(NCCCCNC=O)C2)nc1-c1c[nH]c2c(F)cc(F)cc12. The van der Waals surface area contributed by atoms with Crippen LogP contribution in [0, 0.1) is 17.5 Å². The highest BCUT2D eigenvalue weighted by Crippen LogP contribution is 2.34. The van der Waals surface area contributed by atoms with Crippen molar-refractivity contribution in [2.45, 2.75) is 64.1 Å². The number of rotatable bonds is 12. The smallest absolute Gasteiger partial charge is 0.217 e. The zero-order valence-electron chi connectivity index (χ0n) is 21.3. The first-order valence-electron chi connectivity index (χ1n) is 12.9. The molecule has 0 bridgehead atoms. The Morgan fingerprint density at radius 3 is 2.68 bits per heavy atom. The van der Waals surface area contributed by atoms with Gasteiger partial charge in [-0.25, -0.2) is 18.2 Å². The topological polar surface area (TPSA) is 111 Å². The van der Waals surface area contributed by atoms with Gasteiger partial charge in [-0.3, -0.25) is 9.59 Å². The quantitative estimate of drug-likeness (QED) is 0.179. The number of unbranched alkanes of at least 4 members (excludes halogenated alkanes) is 1. The number of aromatic amines is 1. The summed E-state index contributed by atoms with van der Waals surface area (Å²) >= 11 is 0. The minimum Gasteiger partial charge on any atom is -0.365 e. The molecule has 204 valence electrons. The van der Waals surface area contributed by atoms with E-state index in [-0.39, 0.29) is 41.3 Å². The summed E-state index contributed by atoms with van der Waals surface area (Å²) < 4.78 is 43.6. The van der Waals surface area contributed by atoms with Crippen LogP contribution in [0.25, 0.3) is 22.2 Å². The molecular weight excluding hydrogens is 497 g/mol. The average Bonchev–Trinajstić information content (AvgIpc) is 3.30. The van der Waals surface area contributed by atoms with E-state index >= 15 is 4.39 Å². The summed E-state index contributed by atoms with van der Waals surface area (Å²) in [6.07, 6.45) is 7.69. The molecule has 4 rings (SSSR count). The van der Waals surface area contributed by atoms with Crippen LogP contribution in [0.2, 0.25) is 0 Å². The first kappa shape index (κ1) is 27.4. The van der Waals surface area contributed by atoms with Crippen LogP contribution in [-0.4, -0.2) is 47.5 Å². The first-order valence-corrected chi connectivity index (χ1v) is 12.9. The van der Waals surface area contributed by atoms with Crippen LogP contribution in [0.1, 0.15) is 51.0 Å². The molecule has 2 heterocycles. The molecule has 2 amide bonds. The third-order valence-corrected chi connectivity index (χ3v) is 6.82. The maximum Gasteiger partial charge on any atom is 0.217 e. The van der Waals surface area contributed by atoms with Crippen LogP contribution >= 0.6 is 0 Å². The number of fused-ring (bicyclic) bond motifs is 1. The van der Waals surface area contributed by atoms with E-state index in [2.05, 4.69) is 31.2 Å². The highest BCUT2D eigenvalue weighted by Gasteiger charge is 2.24. The normalized spacial score (nSPS) is 17.4. The minimum atomic E-state index is -0.740. The number of hydrogen-bond donors (Lipinski definition) is 5. The molecule has 2 aromatic heterocycles. The molecule has 2 unspecified atom stereocenters. The Labute approximate surface area is 219 Å². The van der Waals surface area contributed by atoms with Crippen molar-refractivity contribution < 1.29 is 22.8 Å². The molecule has 1 aliphatic rings. The second kappa shape index (κ2) is 12.8. The minimum absolute atomic E-state index is 0.00752. The van der Waals surface area contributed by atoms with E-state index in [9.17, 15) is 18.4 Å². The fourth-order valence-corrected chi connectivity index (χ4v) is 4.98. The summed E-state index contributed by atoms with van der Waals surface area (Å²) in [7, 11) is 0. The zero-order chi connectivity index (χ0) is 27.1. The van der Waals surface area contributed by atoms with Gasteiger partial charge in [-0.05, 0) is 57.2 Å². The van der Waals surface area contributed by atoms with Crippen molar-refractivity contribution in [3.63, 3.8) is 0 Å². The van der Waals surface area contributed by atoms with Gasteiger partial charge in [-0.15, -0.1) is 0 Å². The van der Waals surface area contributed by atoms with Gasteiger partial charge in [0.2, 0.25) is 12.3 Å². The standard InChI is InChI=1S/C27H33F3N6O2/c1-16(38)33-13-17-9-24(30)27(35-20-6-4-5-19(12-20)32-8-3-2-7-31-15-37)36-25(17)22-14-34-26-21(22)10-18(28)11-23(26)29/h9-11,14-15,19-20,32,34H,2-8,12-13H2,1H3,(H,31,37)(H,33,38)(H,35,36). The molecule has 1 fully saturated rings. The summed E-state index contributed by atoms with van der Waals surface area (Å²) in [5.41, 5.74) is 1.25. The third-order valence-electron chi connectivity index (χ3n) is 6.82. The van der Waals surface area contributed by atoms with Crippen molar-refractivity contribution in [2.75, 3.05) is 18.4 Å². The number of anilines is 1. The number of carbonyl (C=O) groups excluding carboxylic acids is 2. The van der Waals surface area contributed by atoms with Gasteiger partial charge in [0, 0.05) is 60.9 Å². The highest BCUT2D eigenvalue weighted by molar-refractivity contribution is 5.96. The van der Waals surface area contributed by atoms with Crippen LogP contribution in [0.3, 0.4) is 0 Å². The van der Waals surface area contributed by atoms with Gasteiger partial charge < -0.3 is 26.3 Å². The van der Waals surface area contributed by atoms with Gasteiger partial charge in [-0.2, -0.15) is 0 Å². The zero-order valence-corrected chi connectivity index (χ0v) is 21.3. The lowest BCUT2D eigenvalue weighted by Crippen LogP contribution is -2.39. The number of amides is 2. The molecule has 3 aromatic rings. The van der Waals surface area contributed by atoms with Gasteiger partial charge in [0.25, 0.3) is 0 Å². The van der Waals surface area contributed by atoms with E-state index in [0.717, 1.165) is 51.1 Å². The second-order valence-electron chi connectivity index (χ2n) is 9.69. The van der Waals surface area contributed by atoms with E-state index in [1.165, 1.54) is 25.3 Å². The van der Waals surface area contributed by atoms with Crippen LogP contribution in [0.4, 0.5) is 19.0 Å². The summed E-state index contributed by atoms with van der Waals surface area (Å²) in [5.74, 6) is -2.28. The monoisotopic (exact) mass is 530 g/mol. The van der Waals surface area contributed by atoms with Gasteiger partial charge in [0.05, 0.1) is 11.2 Å². The molecule has 5 N–H and O–H groups in total. The van der Waals surface area contributed by atoms with E-state index < -0.39 is 17.5 Å². The Balaban J connectivity index is 1.54. The van der Waals surface area contributed by atoms with Gasteiger partial charge in [-0.1, -0.05) is 0 Å². The molecular formula is C27H33F3N6O2. The van der Waals surface area contributed by atoms with Crippen molar-refractivity contribution in [3.05, 3.63) is 47.4 Å². The van der Waals surface area contributed by atoms with Crippen molar-refractivity contribution in [2.24, 2.45) is 0 Å². The second-order valence-corrected chi connectivity index (χ2v) is 9.69. The summed E-state index contributed by atoms with van der Waals surface area (Å²) in [6, 6.07) is 3.58. The number of nitrogens with one attached hydrogen (secondary N) is 5. The Kier molecular flexibility index (Phi) is 9.22. The molecule has 0 radical (unpaired) electrons. The van der Waals surface area contributed by atoms with Crippen molar-refractivity contribution in [3.8, 4) is 11.3 Å². The van der Waals surface area contributed by atoms with Gasteiger partial charge >= 0.3 is 0 Å². The molecule has 0 spiro atoms. The van der Waals surface area contributed by atoms with Crippen molar-refractivity contribution in [1.29, 1.82) is 0 Å². The Hall–Kier alpha value is -3.60. The predicted octanol–water partition coefficient (Wildman–Crippen LogP) is 4.12. The lowest BCUT2D eigenvalue weighted by atomic mass is 9.91. The number of nitrogens with zero attached hydrogens (tertiary/aromatic N) is 1. The van der Waals surface area contributed by atoms with Crippen LogP contribution in [0.5, 0.6) is 0 Å². The number of aromatic nitrogens is 2. The predicted molar refractivity (Wildman–Crippen MR) is 140 cm³/mol. The Morgan fingerprint density at radius 1 is 1.11 bits per heavy atom. The Bertz CT molecular complexity index is 1280. The molecule has 11 heteroatoms. The lowest BCUT2D eigenvalue weighted by molar-refractivity contribution is -0.119. The molecule has 8 nitrogen and oxygen atoms in total. The number of carbonyl (C=O) groups is 2. The number of H-pyrrole nitrogens is 1. The summed E-state index contributed by atoms with van der Waals surface area (Å²) in [6.45, 7) is 2.85. The fourth-order valence-electron chi connectivity index (χ4n) is 4.98. The van der Waals surface area contributed by atoms with Crippen LogP contribution in [0.15, 0.2) is 24.4 Å². The van der Waals surface area contributed by atoms with Gasteiger partial charge in [0.15, 0.2) is 11.6 Å². The summed E-state index contributed by atoms with van der Waals surface area (Å²) in [5, 5.41) is 12.4. The molecule has 2 atom stereocenters. The molecule has 0 saturated heterocycles. The number of pyridine rings is 1. The van der Waals surface area contributed by atoms with Crippen LogP contribution in [-0.2, 0) is 16.1 Å². The van der Waals surface area contributed by atoms with Gasteiger partial charge in [0.1, 0.15) is 11.6 Å². The van der Waals surface area contributed by atoms with E-state index in [1.54, 1.807) is 0 Å². The molecule has 1 saturated carbocycles. The van der Waals surface area contributed by atoms with Crippen LogP contribution < -0.4 is 21.3 Å². The van der Waals surface area contributed by atoms with E-state index in [4.69, 9.17) is 0 Å². The van der Waals surface area contributed by atoms with Crippen molar-refractivity contribution >= 4 is 29.0 Å². The third kappa shape index (κ3) is 6.83. The first-order chi connectivity index (χ1) is 18.4. The van der Waals surface area contributed by atoms with Crippen molar-refractivity contribution in [1.82, 2.24) is 25.9 Å². The van der Waals surface area contributed by atoms with E-state index in [1.807, 2.05) is 0 Å². The largest absolute Gasteiger partial charge is 0.365 e. The molecule has 0 aliphatic heterocycles. The highest BCUT2D eigenvalue weighted by atomic mass is 19.1. The fraction of sp³-hybridized carbons (Fsp3) is 0.444. The lowest BCUT2D eigenvalue weighted by Gasteiger charge is -2.31. The number of benzene rings is 1. The average molecular weight is 531 g/mol. The molecule has 38 heavy (non-hydrogen) atoms. The maximum absolute atomic E-state index is 15.2. The summed E-state index contributed by atoms with van der Waals surface area (Å²) in [4.78, 5) is 29.3. The van der Waals surface area contributed by atoms with E-state index in [0.29, 0.717) is 29.8 Å². The Morgan fingerprint density at radius 2 is 1.89 bits per heavy atom. The molecule has 1 aliphatic carbocycles. The maximum atomic E-state index is 15.2. The molecule has 1 aromatic carbocycles. The number of hydrogen-bond acceptors (Lipinski definition) is 5.